The number of fused-ring (bicyclic) bond motifs is 2. The fourth-order valence-corrected chi connectivity index (χ4v) is 4.41. The molecule has 0 radical (unpaired) electrons. The maximum atomic E-state index is 12.8. The molecule has 0 aromatic heterocycles. The van der Waals surface area contributed by atoms with Crippen LogP contribution < -0.4 is 16.0 Å². The average molecular weight is 409 g/mol. The molecule has 2 fully saturated rings. The first-order chi connectivity index (χ1) is 11.0. The van der Waals surface area contributed by atoms with Gasteiger partial charge in [0.25, 0.3) is 0 Å². The Hall–Kier alpha value is -0.680. The summed E-state index contributed by atoms with van der Waals surface area (Å²) in [6.45, 7) is 0. The second kappa shape index (κ2) is 9.31. The van der Waals surface area contributed by atoms with Crippen molar-refractivity contribution in [1.29, 1.82) is 0 Å². The molecule has 2 atom stereocenters. The number of hydrogen-bond donors (Lipinski definition) is 2. The zero-order valence-electron chi connectivity index (χ0n) is 14.7. The van der Waals surface area contributed by atoms with Crippen LogP contribution in [0.1, 0.15) is 32.1 Å². The van der Waals surface area contributed by atoms with Crippen molar-refractivity contribution < 1.29 is 4.79 Å². The van der Waals surface area contributed by atoms with E-state index in [0.717, 1.165) is 24.2 Å². The van der Waals surface area contributed by atoms with Gasteiger partial charge in [0.15, 0.2) is 0 Å². The Labute approximate surface area is 167 Å². The number of carbonyl (C=O) groups excluding carboxylic acids is 1. The van der Waals surface area contributed by atoms with Crippen LogP contribution in [0, 0.1) is 17.8 Å². The third-order valence-electron chi connectivity index (χ3n) is 5.48. The van der Waals surface area contributed by atoms with Crippen molar-refractivity contribution in [2.75, 3.05) is 24.3 Å². The number of carbonyl (C=O) groups is 1. The highest BCUT2D eigenvalue weighted by Crippen LogP contribution is 2.42. The molecule has 2 unspecified atom stereocenters. The van der Waals surface area contributed by atoms with Crippen molar-refractivity contribution in [2.24, 2.45) is 23.5 Å². The minimum atomic E-state index is 0. The lowest BCUT2D eigenvalue weighted by Crippen LogP contribution is -2.48. The van der Waals surface area contributed by atoms with Crippen molar-refractivity contribution in [2.45, 2.75) is 38.1 Å². The van der Waals surface area contributed by atoms with Gasteiger partial charge in [0, 0.05) is 31.1 Å². The summed E-state index contributed by atoms with van der Waals surface area (Å²) in [6.07, 6.45) is 5.43. The van der Waals surface area contributed by atoms with E-state index in [1.165, 1.54) is 19.3 Å². The van der Waals surface area contributed by atoms with Crippen LogP contribution in [0.15, 0.2) is 18.2 Å². The van der Waals surface area contributed by atoms with E-state index in [2.05, 4.69) is 5.32 Å². The van der Waals surface area contributed by atoms with Crippen LogP contribution >= 0.6 is 36.4 Å². The Kier molecular flexibility index (Phi) is 8.33. The van der Waals surface area contributed by atoms with Gasteiger partial charge in [-0.05, 0) is 55.7 Å². The highest BCUT2D eigenvalue weighted by atomic mass is 35.5. The monoisotopic (exact) mass is 407 g/mol. The predicted octanol–water partition coefficient (Wildman–Crippen LogP) is 4.34. The average Bonchev–Trinajstić information content (AvgIpc) is 2.46. The summed E-state index contributed by atoms with van der Waals surface area (Å²) in [4.78, 5) is 14.8. The maximum Gasteiger partial charge on any atom is 0.227 e. The molecule has 25 heavy (non-hydrogen) atoms. The molecular formula is C18H28Cl3N3O. The number of benzene rings is 1. The third-order valence-corrected chi connectivity index (χ3v) is 5.72. The van der Waals surface area contributed by atoms with E-state index in [1.807, 2.05) is 37.2 Å². The molecule has 0 spiro atoms. The summed E-state index contributed by atoms with van der Waals surface area (Å²) in [7, 11) is 3.92. The minimum Gasteiger partial charge on any atom is -0.376 e. The minimum absolute atomic E-state index is 0. The number of amides is 1. The molecule has 0 saturated heterocycles. The van der Waals surface area contributed by atoms with Gasteiger partial charge in [-0.1, -0.05) is 18.0 Å². The van der Waals surface area contributed by atoms with Crippen LogP contribution in [0.3, 0.4) is 0 Å². The van der Waals surface area contributed by atoms with Crippen LogP contribution in [0.5, 0.6) is 0 Å². The standard InChI is InChI=1S/C18H26ClN3O.2ClH/c1-22(2)16-7-6-14(19)10-15(16)21-18(23)13-8-11-4-3-5-12(9-13)17(11)20;;/h6-7,10-13,17H,3-5,8-9,20H2,1-2H3,(H,21,23);2*1H. The van der Waals surface area contributed by atoms with E-state index < -0.39 is 0 Å². The number of nitrogens with two attached hydrogens (primary N) is 1. The molecule has 0 aliphatic heterocycles. The van der Waals surface area contributed by atoms with Gasteiger partial charge in [-0.15, -0.1) is 24.8 Å². The second-order valence-corrected chi connectivity index (χ2v) is 7.68. The quantitative estimate of drug-likeness (QED) is 0.782. The van der Waals surface area contributed by atoms with Gasteiger partial charge in [0.05, 0.1) is 11.4 Å². The van der Waals surface area contributed by atoms with Gasteiger partial charge < -0.3 is 16.0 Å². The molecule has 3 N–H and O–H groups in total. The molecule has 1 aromatic carbocycles. The number of anilines is 2. The van der Waals surface area contributed by atoms with E-state index in [-0.39, 0.29) is 42.7 Å². The van der Waals surface area contributed by atoms with Gasteiger partial charge in [-0.25, -0.2) is 0 Å². The highest BCUT2D eigenvalue weighted by molar-refractivity contribution is 6.31. The summed E-state index contributed by atoms with van der Waals surface area (Å²) in [5, 5.41) is 3.73. The Morgan fingerprint density at radius 1 is 1.20 bits per heavy atom. The van der Waals surface area contributed by atoms with Crippen molar-refractivity contribution in [3.63, 3.8) is 0 Å². The number of nitrogens with zero attached hydrogens (tertiary/aromatic N) is 1. The van der Waals surface area contributed by atoms with Crippen LogP contribution in [-0.4, -0.2) is 26.0 Å². The summed E-state index contributed by atoms with van der Waals surface area (Å²) >= 11 is 6.10. The lowest BCUT2D eigenvalue weighted by molar-refractivity contribution is -0.122. The molecular weight excluding hydrogens is 381 g/mol. The van der Waals surface area contributed by atoms with Crippen LogP contribution in [0.2, 0.25) is 5.02 Å². The van der Waals surface area contributed by atoms with Crippen molar-refractivity contribution in [3.05, 3.63) is 23.2 Å². The smallest absolute Gasteiger partial charge is 0.227 e. The lowest BCUT2D eigenvalue weighted by Gasteiger charge is -2.43. The van der Waals surface area contributed by atoms with Crippen molar-refractivity contribution in [1.82, 2.24) is 0 Å². The Morgan fingerprint density at radius 2 is 1.80 bits per heavy atom. The summed E-state index contributed by atoms with van der Waals surface area (Å²) < 4.78 is 0. The Bertz CT molecular complexity index is 583. The molecule has 7 heteroatoms. The van der Waals surface area contributed by atoms with Crippen molar-refractivity contribution in [3.8, 4) is 0 Å². The summed E-state index contributed by atoms with van der Waals surface area (Å²) in [6, 6.07) is 5.89. The molecule has 0 heterocycles. The lowest BCUT2D eigenvalue weighted by atomic mass is 9.65. The van der Waals surface area contributed by atoms with E-state index in [4.69, 9.17) is 17.3 Å². The van der Waals surface area contributed by atoms with E-state index in [9.17, 15) is 4.79 Å². The van der Waals surface area contributed by atoms with Gasteiger partial charge in [-0.2, -0.15) is 0 Å². The molecule has 2 aliphatic carbocycles. The number of hydrogen-bond acceptors (Lipinski definition) is 3. The first-order valence-corrected chi connectivity index (χ1v) is 8.87. The Balaban J connectivity index is 0.00000156. The summed E-state index contributed by atoms with van der Waals surface area (Å²) in [5.74, 6) is 1.19. The maximum absolute atomic E-state index is 12.8. The molecule has 3 rings (SSSR count). The van der Waals surface area contributed by atoms with Crippen LogP contribution in [0.4, 0.5) is 11.4 Å². The molecule has 1 aromatic rings. The van der Waals surface area contributed by atoms with Gasteiger partial charge in [-0.3, -0.25) is 4.79 Å². The fourth-order valence-electron chi connectivity index (χ4n) is 4.24. The zero-order valence-corrected chi connectivity index (χ0v) is 17.1. The van der Waals surface area contributed by atoms with Crippen LogP contribution in [0.25, 0.3) is 0 Å². The number of halogens is 3. The second-order valence-electron chi connectivity index (χ2n) is 7.24. The SMILES string of the molecule is CN(C)c1ccc(Cl)cc1NC(=O)C1CC2CCCC(C1)C2N.Cl.Cl. The largest absolute Gasteiger partial charge is 0.376 e. The molecule has 2 bridgehead atoms. The van der Waals surface area contributed by atoms with Crippen molar-refractivity contribution >= 4 is 53.7 Å². The van der Waals surface area contributed by atoms with E-state index in [0.29, 0.717) is 16.9 Å². The number of nitrogens with one attached hydrogen (secondary N) is 1. The summed E-state index contributed by atoms with van der Waals surface area (Å²) in [5.41, 5.74) is 8.08. The molecule has 2 aliphatic rings. The van der Waals surface area contributed by atoms with E-state index in [1.54, 1.807) is 0 Å². The Morgan fingerprint density at radius 3 is 2.36 bits per heavy atom. The first-order valence-electron chi connectivity index (χ1n) is 8.49. The topological polar surface area (TPSA) is 58.4 Å². The molecule has 4 nitrogen and oxygen atoms in total. The zero-order chi connectivity index (χ0) is 16.6. The number of rotatable bonds is 3. The van der Waals surface area contributed by atoms with Gasteiger partial charge >= 0.3 is 0 Å². The predicted molar refractivity (Wildman–Crippen MR) is 110 cm³/mol. The first kappa shape index (κ1) is 22.4. The molecule has 142 valence electrons. The third kappa shape index (κ3) is 4.94. The van der Waals surface area contributed by atoms with Gasteiger partial charge in [0.2, 0.25) is 5.91 Å². The van der Waals surface area contributed by atoms with Gasteiger partial charge in [0.1, 0.15) is 0 Å². The van der Waals surface area contributed by atoms with E-state index >= 15 is 0 Å². The molecule has 1 amide bonds. The molecule has 2 saturated carbocycles. The fraction of sp³-hybridized carbons (Fsp3) is 0.611. The highest BCUT2D eigenvalue weighted by Gasteiger charge is 2.40. The normalized spacial score (nSPS) is 27.5. The van der Waals surface area contributed by atoms with Crippen LogP contribution in [-0.2, 0) is 4.79 Å².